The molecule has 0 radical (unpaired) electrons. The van der Waals surface area contributed by atoms with E-state index >= 15 is 0 Å². The van der Waals surface area contributed by atoms with Gasteiger partial charge in [-0.25, -0.2) is 22.8 Å². The highest BCUT2D eigenvalue weighted by atomic mass is 127. The maximum absolute atomic E-state index is 14.1. The molecule has 30 heavy (non-hydrogen) atoms. The van der Waals surface area contributed by atoms with Crippen LogP contribution in [0.1, 0.15) is 10.4 Å². The van der Waals surface area contributed by atoms with E-state index in [4.69, 9.17) is 4.55 Å². The van der Waals surface area contributed by atoms with Crippen LogP contribution in [0.2, 0.25) is 0 Å². The number of carbonyl (C=O) groups is 2. The Morgan fingerprint density at radius 2 is 1.57 bits per heavy atom. The third-order valence-corrected chi connectivity index (χ3v) is 7.73. The third-order valence-electron chi connectivity index (χ3n) is 3.19. The summed E-state index contributed by atoms with van der Waals surface area (Å²) >= 11 is 5.74. The molecule has 7 nitrogen and oxygen atoms in total. The van der Waals surface area contributed by atoms with Crippen LogP contribution in [0.25, 0.3) is 0 Å². The Kier molecular flexibility index (Phi) is 8.30. The van der Waals surface area contributed by atoms with Crippen molar-refractivity contribution >= 4 is 89.8 Å². The molecule has 0 atom stereocenters. The van der Waals surface area contributed by atoms with Gasteiger partial charge in [-0.1, -0.05) is 0 Å². The third kappa shape index (κ3) is 5.51. The number of hydrogen-bond acceptors (Lipinski definition) is 6. The number of hydrogen-bond donors (Lipinski definition) is 1. The lowest BCUT2D eigenvalue weighted by atomic mass is 10.2. The Morgan fingerprint density at radius 3 is 2.13 bits per heavy atom. The number of rotatable bonds is 5. The van der Waals surface area contributed by atoms with E-state index in [-0.39, 0.29) is 5.56 Å². The van der Waals surface area contributed by atoms with Crippen molar-refractivity contribution in [3.05, 3.63) is 51.7 Å². The lowest BCUT2D eigenvalue weighted by Crippen LogP contribution is -2.22. The van der Waals surface area contributed by atoms with E-state index in [2.05, 4.69) is 9.47 Å². The predicted molar refractivity (Wildman–Crippen MR) is 117 cm³/mol. The van der Waals surface area contributed by atoms with E-state index in [0.29, 0.717) is 10.7 Å². The van der Waals surface area contributed by atoms with Gasteiger partial charge in [-0.2, -0.15) is 12.8 Å². The summed E-state index contributed by atoms with van der Waals surface area (Å²) in [5.74, 6) is -14.3. The fraction of sp³-hybridized carbons (Fsp3) is 0.0667. The zero-order valence-electron chi connectivity index (χ0n) is 13.8. The highest BCUT2D eigenvalue weighted by Gasteiger charge is 2.34. The first kappa shape index (κ1) is 25.5. The van der Waals surface area contributed by atoms with Crippen molar-refractivity contribution in [2.75, 3.05) is 6.61 Å². The van der Waals surface area contributed by atoms with E-state index in [1.54, 1.807) is 6.07 Å². The molecule has 0 spiro atoms. The number of ether oxygens (including phenoxy) is 2. The second-order valence-corrected chi connectivity index (χ2v) is 10.0. The van der Waals surface area contributed by atoms with E-state index < -0.39 is 62.6 Å². The Hall–Kier alpha value is -0.800. The minimum atomic E-state index is -5.67. The van der Waals surface area contributed by atoms with Crippen LogP contribution in [-0.2, 0) is 19.6 Å². The van der Waals surface area contributed by atoms with Crippen molar-refractivity contribution in [2.45, 2.75) is 4.90 Å². The lowest BCUT2D eigenvalue weighted by Gasteiger charge is -2.11. The molecule has 2 aromatic rings. The Labute approximate surface area is 206 Å². The number of esters is 2. The molecule has 0 amide bonds. The molecule has 0 unspecified atom stereocenters. The van der Waals surface area contributed by atoms with Gasteiger partial charge in [0.2, 0.25) is 11.6 Å². The van der Waals surface area contributed by atoms with Crippen molar-refractivity contribution in [3.8, 4) is 5.75 Å². The zero-order chi connectivity index (χ0) is 23.0. The van der Waals surface area contributed by atoms with Gasteiger partial charge in [-0.05, 0) is 79.9 Å². The van der Waals surface area contributed by atoms with Crippen LogP contribution >= 0.6 is 67.8 Å². The Balaban J connectivity index is 2.26. The van der Waals surface area contributed by atoms with Gasteiger partial charge in [-0.3, -0.25) is 4.55 Å². The summed E-state index contributed by atoms with van der Waals surface area (Å²) < 4.78 is 96.3. The minimum Gasteiger partial charge on any atom is -0.450 e. The molecule has 2 aromatic carbocycles. The topological polar surface area (TPSA) is 107 Å². The van der Waals surface area contributed by atoms with Crippen LogP contribution in [0.4, 0.5) is 17.6 Å². The van der Waals surface area contributed by atoms with Gasteiger partial charge in [0.25, 0.3) is 0 Å². The molecule has 0 heterocycles. The zero-order valence-corrected chi connectivity index (χ0v) is 21.1. The molecule has 0 fully saturated rings. The van der Waals surface area contributed by atoms with E-state index in [1.165, 1.54) is 6.07 Å². The largest absolute Gasteiger partial charge is 0.450 e. The molecule has 0 aliphatic rings. The van der Waals surface area contributed by atoms with E-state index in [9.17, 15) is 35.6 Å². The first-order chi connectivity index (χ1) is 13.8. The number of benzene rings is 2. The molecule has 162 valence electrons. The monoisotopic (exact) mass is 786 g/mol. The standard InChI is InChI=1S/C15H5F4I3O7S/c16-8-9(17)13(11(19)14(10(8)18)30(25,26)27)29-7(23)3-28-15(24)5-1-4(20)2-6(21)12(5)22/h1-2H,3H2,(H,25,26,27). The maximum atomic E-state index is 14.1. The average molecular weight is 786 g/mol. The molecule has 0 aliphatic carbocycles. The predicted octanol–water partition coefficient (Wildman–Crippen LogP) is 4.07. The van der Waals surface area contributed by atoms with E-state index in [1.807, 2.05) is 67.8 Å². The highest BCUT2D eigenvalue weighted by Crippen LogP contribution is 2.33. The lowest BCUT2D eigenvalue weighted by molar-refractivity contribution is -0.138. The molecule has 0 saturated heterocycles. The SMILES string of the molecule is O=C(COC(=O)c1cc(I)cc(I)c1I)Oc1c(F)c(F)c(F)c(S(=O)(=O)O)c1F. The van der Waals surface area contributed by atoms with Gasteiger partial charge in [0.15, 0.2) is 29.0 Å². The fourth-order valence-electron chi connectivity index (χ4n) is 1.96. The molecule has 0 aliphatic heterocycles. The molecule has 0 aromatic heterocycles. The van der Waals surface area contributed by atoms with Gasteiger partial charge in [0.05, 0.1) is 5.56 Å². The summed E-state index contributed by atoms with van der Waals surface area (Å²) in [4.78, 5) is 21.7. The summed E-state index contributed by atoms with van der Waals surface area (Å²) in [5.41, 5.74) is 0.0820. The van der Waals surface area contributed by atoms with Gasteiger partial charge < -0.3 is 9.47 Å². The van der Waals surface area contributed by atoms with Crippen LogP contribution in [0.15, 0.2) is 17.0 Å². The van der Waals surface area contributed by atoms with Crippen molar-refractivity contribution in [3.63, 3.8) is 0 Å². The molecular formula is C15H5F4I3O7S. The van der Waals surface area contributed by atoms with Crippen molar-refractivity contribution in [1.82, 2.24) is 0 Å². The van der Waals surface area contributed by atoms with Crippen LogP contribution in [-0.4, -0.2) is 31.5 Å². The van der Waals surface area contributed by atoms with Gasteiger partial charge in [0, 0.05) is 10.7 Å². The Bertz CT molecular complexity index is 1170. The van der Waals surface area contributed by atoms with Crippen molar-refractivity contribution < 1.29 is 49.6 Å². The van der Waals surface area contributed by atoms with Crippen molar-refractivity contribution in [1.29, 1.82) is 0 Å². The van der Waals surface area contributed by atoms with E-state index in [0.717, 1.165) is 0 Å². The second-order valence-electron chi connectivity index (χ2n) is 5.19. The summed E-state index contributed by atoms with van der Waals surface area (Å²) in [5, 5.41) is 0. The molecular weight excluding hydrogens is 781 g/mol. The quantitative estimate of drug-likeness (QED) is 0.0928. The van der Waals surface area contributed by atoms with Crippen LogP contribution in [0, 0.1) is 34.0 Å². The molecule has 0 bridgehead atoms. The summed E-state index contributed by atoms with van der Waals surface area (Å²) in [7, 11) is -5.67. The van der Waals surface area contributed by atoms with Gasteiger partial charge >= 0.3 is 22.1 Å². The van der Waals surface area contributed by atoms with Crippen LogP contribution < -0.4 is 4.74 Å². The van der Waals surface area contributed by atoms with Gasteiger partial charge in [-0.15, -0.1) is 0 Å². The smallest absolute Gasteiger partial charge is 0.349 e. The number of halogens is 7. The average Bonchev–Trinajstić information content (AvgIpc) is 2.63. The first-order valence-electron chi connectivity index (χ1n) is 7.11. The first-order valence-corrected chi connectivity index (χ1v) is 11.8. The van der Waals surface area contributed by atoms with Crippen molar-refractivity contribution in [2.24, 2.45) is 0 Å². The molecule has 0 saturated carbocycles. The fourth-order valence-corrected chi connectivity index (χ4v) is 4.97. The molecule has 2 rings (SSSR count). The van der Waals surface area contributed by atoms with Gasteiger partial charge in [0.1, 0.15) is 0 Å². The summed E-state index contributed by atoms with van der Waals surface area (Å²) in [6.45, 7) is -1.20. The minimum absolute atomic E-state index is 0.0820. The summed E-state index contributed by atoms with van der Waals surface area (Å²) in [6.07, 6.45) is 0. The number of carbonyl (C=O) groups excluding carboxylic acids is 2. The summed E-state index contributed by atoms with van der Waals surface area (Å²) in [6, 6.07) is 3.21. The van der Waals surface area contributed by atoms with Crippen LogP contribution in [0.5, 0.6) is 5.75 Å². The maximum Gasteiger partial charge on any atom is 0.349 e. The van der Waals surface area contributed by atoms with Crippen LogP contribution in [0.3, 0.4) is 0 Å². The second kappa shape index (κ2) is 9.77. The highest BCUT2D eigenvalue weighted by molar-refractivity contribution is 14.1. The molecule has 1 N–H and O–H groups in total. The molecule has 15 heteroatoms. The normalized spacial score (nSPS) is 11.3. The Morgan fingerprint density at radius 1 is 0.967 bits per heavy atom.